The maximum absolute atomic E-state index is 5.35. The second kappa shape index (κ2) is 3.25. The lowest BCUT2D eigenvalue weighted by Crippen LogP contribution is -2.18. The van der Waals surface area contributed by atoms with E-state index in [1.807, 2.05) is 20.8 Å². The first-order chi connectivity index (χ1) is 3.95. The van der Waals surface area contributed by atoms with E-state index in [1.165, 1.54) is 0 Å². The Morgan fingerprint density at radius 3 is 2.11 bits per heavy atom. The van der Waals surface area contributed by atoms with E-state index in [1.54, 1.807) is 0 Å². The molecule has 0 fully saturated rings. The van der Waals surface area contributed by atoms with Crippen molar-refractivity contribution in [3.05, 3.63) is 12.3 Å². The molecule has 0 radical (unpaired) electrons. The summed E-state index contributed by atoms with van der Waals surface area (Å²) in [6.45, 7) is 9.69. The van der Waals surface area contributed by atoms with Crippen LogP contribution in [0.5, 0.6) is 0 Å². The molecule has 0 aliphatic heterocycles. The van der Waals surface area contributed by atoms with E-state index >= 15 is 0 Å². The second-order valence-electron chi connectivity index (χ2n) is 2.89. The third-order valence-electron chi connectivity index (χ3n) is 0.600. The molecule has 0 aromatic rings. The van der Waals surface area contributed by atoms with Crippen molar-refractivity contribution in [1.82, 2.24) is 0 Å². The first kappa shape index (κ1) is 9.02. The van der Waals surface area contributed by atoms with Crippen LogP contribution in [0.1, 0.15) is 20.8 Å². The zero-order valence-corrected chi connectivity index (χ0v) is 7.79. The Kier molecular flexibility index (Phi) is 3.26. The molecule has 0 spiro atoms. The van der Waals surface area contributed by atoms with Crippen LogP contribution >= 0.6 is 15.9 Å². The zero-order chi connectivity index (χ0) is 7.49. The molecule has 0 saturated heterocycles. The summed E-state index contributed by atoms with van der Waals surface area (Å²) >= 11 is 3.24. The van der Waals surface area contributed by atoms with Crippen molar-refractivity contribution < 1.29 is 4.74 Å². The van der Waals surface area contributed by atoms with Gasteiger partial charge in [-0.1, -0.05) is 22.5 Å². The number of hydrogen-bond acceptors (Lipinski definition) is 1. The van der Waals surface area contributed by atoms with Crippen LogP contribution < -0.4 is 0 Å². The fourth-order valence-corrected chi connectivity index (χ4v) is 0.575. The van der Waals surface area contributed by atoms with Crippen LogP contribution in [0.25, 0.3) is 0 Å². The monoisotopic (exact) mass is 192 g/mol. The topological polar surface area (TPSA) is 9.23 Å². The summed E-state index contributed by atoms with van der Waals surface area (Å²) in [6.07, 6.45) is 0. The molecule has 0 aromatic carbocycles. The summed E-state index contributed by atoms with van der Waals surface area (Å²) in [5, 5.41) is 0.713. The van der Waals surface area contributed by atoms with Crippen molar-refractivity contribution in [2.75, 3.05) is 5.33 Å². The molecule has 9 heavy (non-hydrogen) atoms. The lowest BCUT2D eigenvalue weighted by Gasteiger charge is -2.21. The number of allylic oxidation sites excluding steroid dienone is 1. The first-order valence-corrected chi connectivity index (χ1v) is 4.00. The number of alkyl halides is 1. The van der Waals surface area contributed by atoms with E-state index in [0.717, 1.165) is 5.76 Å². The molecule has 0 N–H and O–H groups in total. The van der Waals surface area contributed by atoms with Crippen LogP contribution in [0.15, 0.2) is 12.3 Å². The average molecular weight is 193 g/mol. The Hall–Kier alpha value is 0.0200. The molecule has 0 aliphatic carbocycles. The van der Waals surface area contributed by atoms with Crippen LogP contribution in [0, 0.1) is 0 Å². The van der Waals surface area contributed by atoms with Crippen LogP contribution in [0.3, 0.4) is 0 Å². The quantitative estimate of drug-likeness (QED) is 0.484. The van der Waals surface area contributed by atoms with Crippen molar-refractivity contribution in [2.24, 2.45) is 0 Å². The van der Waals surface area contributed by atoms with Gasteiger partial charge in [-0.2, -0.15) is 0 Å². The lowest BCUT2D eigenvalue weighted by molar-refractivity contribution is 0.0558. The predicted molar refractivity (Wildman–Crippen MR) is 43.8 cm³/mol. The Morgan fingerprint density at radius 1 is 1.56 bits per heavy atom. The summed E-state index contributed by atoms with van der Waals surface area (Å²) in [4.78, 5) is 0. The van der Waals surface area contributed by atoms with Gasteiger partial charge in [0.25, 0.3) is 0 Å². The van der Waals surface area contributed by atoms with E-state index in [-0.39, 0.29) is 5.60 Å². The molecule has 54 valence electrons. The Balaban J connectivity index is 3.60. The molecule has 0 rings (SSSR count). The van der Waals surface area contributed by atoms with Gasteiger partial charge in [-0.05, 0) is 20.8 Å². The third kappa shape index (κ3) is 5.90. The van der Waals surface area contributed by atoms with Gasteiger partial charge in [0, 0.05) is 0 Å². The van der Waals surface area contributed by atoms with Crippen LogP contribution in [0.2, 0.25) is 0 Å². The maximum atomic E-state index is 5.35. The van der Waals surface area contributed by atoms with Gasteiger partial charge >= 0.3 is 0 Å². The van der Waals surface area contributed by atoms with Crippen LogP contribution in [0.4, 0.5) is 0 Å². The molecule has 0 saturated carbocycles. The molecule has 0 unspecified atom stereocenters. The van der Waals surface area contributed by atoms with Crippen LogP contribution in [-0.4, -0.2) is 10.9 Å². The summed E-state index contributed by atoms with van der Waals surface area (Å²) < 4.78 is 5.35. The van der Waals surface area contributed by atoms with Crippen molar-refractivity contribution in [1.29, 1.82) is 0 Å². The van der Waals surface area contributed by atoms with Crippen molar-refractivity contribution in [3.63, 3.8) is 0 Å². The Labute approximate surface area is 65.2 Å². The summed E-state index contributed by atoms with van der Waals surface area (Å²) in [5.74, 6) is 0.780. The SMILES string of the molecule is C=C(CBr)OC(C)(C)C. The third-order valence-corrected chi connectivity index (χ3v) is 1.22. The largest absolute Gasteiger partial charge is 0.492 e. The molecule has 0 aliphatic rings. The highest BCUT2D eigenvalue weighted by Crippen LogP contribution is 2.12. The number of ether oxygens (including phenoxy) is 1. The minimum atomic E-state index is -0.106. The number of hydrogen-bond donors (Lipinski definition) is 0. The van der Waals surface area contributed by atoms with Gasteiger partial charge in [-0.15, -0.1) is 0 Å². The summed E-state index contributed by atoms with van der Waals surface area (Å²) in [5.41, 5.74) is -0.106. The number of halogens is 1. The molecular formula is C7H13BrO. The van der Waals surface area contributed by atoms with Gasteiger partial charge in [-0.25, -0.2) is 0 Å². The number of rotatable bonds is 2. The lowest BCUT2D eigenvalue weighted by atomic mass is 10.2. The Morgan fingerprint density at radius 2 is 2.00 bits per heavy atom. The minimum Gasteiger partial charge on any atom is -0.492 e. The fourth-order valence-electron chi connectivity index (χ4n) is 0.460. The van der Waals surface area contributed by atoms with E-state index in [4.69, 9.17) is 4.74 Å². The summed E-state index contributed by atoms with van der Waals surface area (Å²) in [7, 11) is 0. The highest BCUT2D eigenvalue weighted by Gasteiger charge is 2.10. The fraction of sp³-hybridized carbons (Fsp3) is 0.714. The molecule has 0 atom stereocenters. The van der Waals surface area contributed by atoms with E-state index < -0.39 is 0 Å². The molecule has 0 heterocycles. The van der Waals surface area contributed by atoms with Gasteiger partial charge in [0.2, 0.25) is 0 Å². The minimum absolute atomic E-state index is 0.106. The van der Waals surface area contributed by atoms with Gasteiger partial charge in [0.1, 0.15) is 11.4 Å². The van der Waals surface area contributed by atoms with E-state index in [2.05, 4.69) is 22.5 Å². The van der Waals surface area contributed by atoms with Gasteiger partial charge in [0.05, 0.1) is 5.33 Å². The predicted octanol–water partition coefficient (Wildman–Crippen LogP) is 2.71. The molecular weight excluding hydrogens is 180 g/mol. The standard InChI is InChI=1S/C7H13BrO/c1-6(5-8)9-7(2,3)4/h1,5H2,2-4H3. The highest BCUT2D eigenvalue weighted by atomic mass is 79.9. The van der Waals surface area contributed by atoms with E-state index in [0.29, 0.717) is 5.33 Å². The zero-order valence-electron chi connectivity index (χ0n) is 6.20. The smallest absolute Gasteiger partial charge is 0.100 e. The average Bonchev–Trinajstić information content (AvgIpc) is 1.62. The maximum Gasteiger partial charge on any atom is 0.100 e. The molecule has 0 aromatic heterocycles. The van der Waals surface area contributed by atoms with Crippen molar-refractivity contribution >= 4 is 15.9 Å². The van der Waals surface area contributed by atoms with Gasteiger partial charge in [-0.3, -0.25) is 0 Å². The Bertz CT molecular complexity index is 102. The van der Waals surface area contributed by atoms with Gasteiger partial charge in [0.15, 0.2) is 0 Å². The molecule has 2 heteroatoms. The van der Waals surface area contributed by atoms with E-state index in [9.17, 15) is 0 Å². The first-order valence-electron chi connectivity index (χ1n) is 2.88. The van der Waals surface area contributed by atoms with Crippen molar-refractivity contribution in [2.45, 2.75) is 26.4 Å². The van der Waals surface area contributed by atoms with Crippen LogP contribution in [-0.2, 0) is 4.74 Å². The molecule has 1 nitrogen and oxygen atoms in total. The van der Waals surface area contributed by atoms with Crippen molar-refractivity contribution in [3.8, 4) is 0 Å². The van der Waals surface area contributed by atoms with Gasteiger partial charge < -0.3 is 4.74 Å². The molecule has 0 amide bonds. The summed E-state index contributed by atoms with van der Waals surface area (Å²) in [6, 6.07) is 0. The normalized spacial score (nSPS) is 11.1. The molecule has 0 bridgehead atoms. The second-order valence-corrected chi connectivity index (χ2v) is 3.45. The highest BCUT2D eigenvalue weighted by molar-refractivity contribution is 9.09.